The van der Waals surface area contributed by atoms with Gasteiger partial charge in [-0.3, -0.25) is 9.10 Å². The number of carbonyl (C=O) groups is 1. The van der Waals surface area contributed by atoms with Gasteiger partial charge in [-0.1, -0.05) is 60.5 Å². The van der Waals surface area contributed by atoms with E-state index in [2.05, 4.69) is 5.32 Å². The van der Waals surface area contributed by atoms with Crippen LogP contribution in [0.1, 0.15) is 37.8 Å². The number of amides is 1. The van der Waals surface area contributed by atoms with Crippen molar-refractivity contribution in [2.24, 2.45) is 0 Å². The van der Waals surface area contributed by atoms with Crippen LogP contribution in [-0.4, -0.2) is 27.1 Å². The van der Waals surface area contributed by atoms with Crippen molar-refractivity contribution in [3.8, 4) is 0 Å². The number of carbonyl (C=O) groups excluding carboxylic acids is 1. The molecule has 2 aromatic rings. The predicted octanol–water partition coefficient (Wildman–Crippen LogP) is 4.81. The van der Waals surface area contributed by atoms with E-state index in [9.17, 15) is 13.2 Å². The van der Waals surface area contributed by atoms with Gasteiger partial charge in [0.15, 0.2) is 0 Å². The Morgan fingerprint density at radius 2 is 1.82 bits per heavy atom. The number of nitrogens with one attached hydrogen (secondary N) is 1. The van der Waals surface area contributed by atoms with Gasteiger partial charge in [0.05, 0.1) is 23.0 Å². The molecule has 1 N–H and O–H groups in total. The SMILES string of the molecule is CCC(NC(=O)CCCN(c1cc(Cl)ccc1Cl)S(C)(=O)=O)c1ccccc1. The molecule has 1 amide bonds. The second-order valence-corrected chi connectivity index (χ2v) is 9.22. The minimum absolute atomic E-state index is 0.0675. The fraction of sp³-hybridized carbons (Fsp3) is 0.350. The molecule has 0 radical (unpaired) electrons. The van der Waals surface area contributed by atoms with Gasteiger partial charge >= 0.3 is 0 Å². The Kier molecular flexibility index (Phi) is 8.16. The average molecular weight is 443 g/mol. The van der Waals surface area contributed by atoms with Gasteiger partial charge in [0, 0.05) is 18.0 Å². The molecule has 0 fully saturated rings. The first kappa shape index (κ1) is 22.5. The van der Waals surface area contributed by atoms with Crippen LogP contribution in [0.15, 0.2) is 48.5 Å². The monoisotopic (exact) mass is 442 g/mol. The molecule has 0 heterocycles. The number of halogens is 2. The van der Waals surface area contributed by atoms with E-state index in [-0.39, 0.29) is 29.9 Å². The van der Waals surface area contributed by atoms with Crippen molar-refractivity contribution in [2.75, 3.05) is 17.1 Å². The standard InChI is InChI=1S/C20H24Cl2N2O3S/c1-3-18(15-8-5-4-6-9-15)23-20(25)10-7-13-24(28(2,26)27)19-14-16(21)11-12-17(19)22/h4-6,8-9,11-12,14,18H,3,7,10,13H2,1-2H3,(H,23,25). The second-order valence-electron chi connectivity index (χ2n) is 6.47. The number of sulfonamides is 1. The minimum Gasteiger partial charge on any atom is -0.349 e. The van der Waals surface area contributed by atoms with Gasteiger partial charge in [-0.25, -0.2) is 8.42 Å². The highest BCUT2D eigenvalue weighted by Gasteiger charge is 2.21. The summed E-state index contributed by atoms with van der Waals surface area (Å²) in [6, 6.07) is 14.3. The molecule has 0 aromatic heterocycles. The Bertz CT molecular complexity index is 905. The third-order valence-electron chi connectivity index (χ3n) is 4.29. The van der Waals surface area contributed by atoms with Crippen LogP contribution in [0.4, 0.5) is 5.69 Å². The molecule has 0 aliphatic heterocycles. The van der Waals surface area contributed by atoms with Crippen molar-refractivity contribution in [3.05, 3.63) is 64.1 Å². The molecule has 28 heavy (non-hydrogen) atoms. The lowest BCUT2D eigenvalue weighted by molar-refractivity contribution is -0.121. The fourth-order valence-electron chi connectivity index (χ4n) is 2.90. The molecule has 0 aliphatic carbocycles. The normalized spacial score (nSPS) is 12.4. The first-order chi connectivity index (χ1) is 13.2. The van der Waals surface area contributed by atoms with Gasteiger partial charge in [-0.2, -0.15) is 0 Å². The summed E-state index contributed by atoms with van der Waals surface area (Å²) in [5, 5.41) is 3.68. The molecule has 2 rings (SSSR count). The van der Waals surface area contributed by atoms with E-state index in [0.717, 1.165) is 18.2 Å². The van der Waals surface area contributed by atoms with Gasteiger partial charge in [0.1, 0.15) is 0 Å². The van der Waals surface area contributed by atoms with Crippen molar-refractivity contribution in [3.63, 3.8) is 0 Å². The van der Waals surface area contributed by atoms with Crippen LogP contribution in [0.3, 0.4) is 0 Å². The van der Waals surface area contributed by atoms with Crippen LogP contribution < -0.4 is 9.62 Å². The van der Waals surface area contributed by atoms with Gasteiger partial charge in [0.25, 0.3) is 0 Å². The molecule has 0 aliphatic rings. The van der Waals surface area contributed by atoms with Gasteiger partial charge in [-0.15, -0.1) is 0 Å². The summed E-state index contributed by atoms with van der Waals surface area (Å²) < 4.78 is 25.6. The van der Waals surface area contributed by atoms with Crippen LogP contribution in [0.25, 0.3) is 0 Å². The Morgan fingerprint density at radius 1 is 1.14 bits per heavy atom. The number of rotatable bonds is 9. The molecule has 0 bridgehead atoms. The van der Waals surface area contributed by atoms with Crippen molar-refractivity contribution < 1.29 is 13.2 Å². The lowest BCUT2D eigenvalue weighted by atomic mass is 10.0. The molecule has 8 heteroatoms. The summed E-state index contributed by atoms with van der Waals surface area (Å²) in [6.07, 6.45) is 2.43. The Hall–Kier alpha value is -1.76. The Labute approximate surface area is 176 Å². The highest BCUT2D eigenvalue weighted by molar-refractivity contribution is 7.92. The quantitative estimate of drug-likeness (QED) is 0.605. The van der Waals surface area contributed by atoms with Crippen molar-refractivity contribution >= 4 is 44.8 Å². The molecule has 2 aromatic carbocycles. The lowest BCUT2D eigenvalue weighted by Crippen LogP contribution is -2.33. The maximum Gasteiger partial charge on any atom is 0.232 e. The van der Waals surface area contributed by atoms with Crippen molar-refractivity contribution in [1.29, 1.82) is 0 Å². The molecule has 1 unspecified atom stereocenters. The maximum absolute atomic E-state index is 12.3. The maximum atomic E-state index is 12.3. The summed E-state index contributed by atoms with van der Waals surface area (Å²) in [5.74, 6) is -0.124. The van der Waals surface area contributed by atoms with E-state index in [1.807, 2.05) is 37.3 Å². The first-order valence-corrected chi connectivity index (χ1v) is 11.6. The Morgan fingerprint density at radius 3 is 2.43 bits per heavy atom. The van der Waals surface area contributed by atoms with Gasteiger partial charge in [0.2, 0.25) is 15.9 Å². The van der Waals surface area contributed by atoms with Crippen LogP contribution in [0.5, 0.6) is 0 Å². The van der Waals surface area contributed by atoms with E-state index >= 15 is 0 Å². The first-order valence-electron chi connectivity index (χ1n) is 8.99. The molecule has 152 valence electrons. The van der Waals surface area contributed by atoms with Crippen LogP contribution >= 0.6 is 23.2 Å². The Balaban J connectivity index is 2.00. The largest absolute Gasteiger partial charge is 0.349 e. The zero-order valence-electron chi connectivity index (χ0n) is 15.9. The second kappa shape index (κ2) is 10.1. The smallest absolute Gasteiger partial charge is 0.232 e. The molecule has 0 saturated heterocycles. The van der Waals surface area contributed by atoms with Crippen molar-refractivity contribution in [1.82, 2.24) is 5.32 Å². The van der Waals surface area contributed by atoms with E-state index in [0.29, 0.717) is 17.1 Å². The number of nitrogens with zero attached hydrogens (tertiary/aromatic N) is 1. The lowest BCUT2D eigenvalue weighted by Gasteiger charge is -2.24. The van der Waals surface area contributed by atoms with E-state index in [1.165, 1.54) is 10.4 Å². The van der Waals surface area contributed by atoms with Crippen LogP contribution in [0, 0.1) is 0 Å². The number of benzene rings is 2. The number of hydrogen-bond acceptors (Lipinski definition) is 3. The van der Waals surface area contributed by atoms with E-state index in [1.54, 1.807) is 12.1 Å². The van der Waals surface area contributed by atoms with Gasteiger partial charge in [-0.05, 0) is 36.6 Å². The average Bonchev–Trinajstić information content (AvgIpc) is 2.65. The minimum atomic E-state index is -3.57. The topological polar surface area (TPSA) is 66.5 Å². The summed E-state index contributed by atoms with van der Waals surface area (Å²) in [7, 11) is -3.57. The molecular weight excluding hydrogens is 419 g/mol. The highest BCUT2D eigenvalue weighted by atomic mass is 35.5. The highest BCUT2D eigenvalue weighted by Crippen LogP contribution is 2.30. The molecule has 1 atom stereocenters. The van der Waals surface area contributed by atoms with Crippen LogP contribution in [0.2, 0.25) is 10.0 Å². The molecular formula is C20H24Cl2N2O3S. The third kappa shape index (κ3) is 6.40. The molecule has 5 nitrogen and oxygen atoms in total. The van der Waals surface area contributed by atoms with E-state index in [4.69, 9.17) is 23.2 Å². The number of hydrogen-bond donors (Lipinski definition) is 1. The third-order valence-corrected chi connectivity index (χ3v) is 6.02. The molecule has 0 spiro atoms. The number of anilines is 1. The van der Waals surface area contributed by atoms with Crippen LogP contribution in [-0.2, 0) is 14.8 Å². The van der Waals surface area contributed by atoms with Crippen molar-refractivity contribution in [2.45, 2.75) is 32.2 Å². The summed E-state index contributed by atoms with van der Waals surface area (Å²) in [4.78, 5) is 12.3. The summed E-state index contributed by atoms with van der Waals surface area (Å²) in [6.45, 7) is 2.14. The fourth-order valence-corrected chi connectivity index (χ4v) is 4.30. The summed E-state index contributed by atoms with van der Waals surface area (Å²) >= 11 is 12.1. The molecule has 0 saturated carbocycles. The zero-order valence-corrected chi connectivity index (χ0v) is 18.2. The summed E-state index contributed by atoms with van der Waals surface area (Å²) in [5.41, 5.74) is 1.36. The predicted molar refractivity (Wildman–Crippen MR) is 116 cm³/mol. The zero-order chi connectivity index (χ0) is 20.7. The van der Waals surface area contributed by atoms with Gasteiger partial charge < -0.3 is 5.32 Å². The van der Waals surface area contributed by atoms with E-state index < -0.39 is 10.0 Å².